The Morgan fingerprint density at radius 1 is 0.435 bits per heavy atom. The van der Waals surface area contributed by atoms with Crippen molar-refractivity contribution in [3.05, 3.63) is 160 Å². The topological polar surface area (TPSA) is 151 Å². The van der Waals surface area contributed by atoms with Crippen LogP contribution in [0.1, 0.15) is 0 Å². The summed E-state index contributed by atoms with van der Waals surface area (Å²) in [7, 11) is -6.72. The summed E-state index contributed by atoms with van der Waals surface area (Å²) >= 11 is 0. The number of para-hydroxylation sites is 4. The zero-order valence-corrected chi connectivity index (χ0v) is 38.7. The third kappa shape index (κ3) is 16.5. The number of rotatable bonds is 10. The van der Waals surface area contributed by atoms with Gasteiger partial charge in [0.2, 0.25) is 0 Å². The van der Waals surface area contributed by atoms with Gasteiger partial charge in [0.25, 0.3) is 0 Å². The minimum absolute atomic E-state index is 0. The predicted molar refractivity (Wildman–Crippen MR) is 217 cm³/mol. The van der Waals surface area contributed by atoms with Crippen molar-refractivity contribution in [3.63, 3.8) is 0 Å². The van der Waals surface area contributed by atoms with E-state index < -0.39 is 47.1 Å². The Balaban J connectivity index is 0.000000452. The van der Waals surface area contributed by atoms with Crippen molar-refractivity contribution in [2.75, 3.05) is 28.4 Å². The molecule has 2 saturated carbocycles. The van der Waals surface area contributed by atoms with Crippen molar-refractivity contribution in [2.45, 2.75) is 11.0 Å². The predicted octanol–water partition coefficient (Wildman–Crippen LogP) is 7.10. The summed E-state index contributed by atoms with van der Waals surface area (Å²) in [5.74, 6) is 3.67. The van der Waals surface area contributed by atoms with E-state index in [-0.39, 0.29) is 37.5 Å². The van der Waals surface area contributed by atoms with E-state index in [0.717, 1.165) is 23.0 Å². The summed E-state index contributed by atoms with van der Waals surface area (Å²) in [4.78, 5) is 0. The maximum Gasteiger partial charge on any atom is 2.00 e. The summed E-state index contributed by atoms with van der Waals surface area (Å²) in [6, 6.07) is 32.9. The number of ether oxygens (including phenoxy) is 4. The Hall–Kier alpha value is -2.48. The van der Waals surface area contributed by atoms with Crippen LogP contribution in [0, 0.1) is 62.7 Å². The van der Waals surface area contributed by atoms with Gasteiger partial charge in [-0.15, -0.1) is 0 Å². The van der Waals surface area contributed by atoms with Crippen molar-refractivity contribution in [3.8, 4) is 23.0 Å². The van der Waals surface area contributed by atoms with Gasteiger partial charge in [0.05, 0.1) is 28.4 Å². The van der Waals surface area contributed by atoms with E-state index in [2.05, 4.69) is 99.9 Å². The van der Waals surface area contributed by atoms with Gasteiger partial charge in [-0.2, -0.15) is 26.3 Å². The van der Waals surface area contributed by atoms with Crippen LogP contribution < -0.4 is 40.2 Å². The monoisotopic (exact) mass is 1080 g/mol. The summed E-state index contributed by atoms with van der Waals surface area (Å²) in [6.45, 7) is 0. The molecule has 10 radical (unpaired) electrons. The number of hydrogen-bond acceptors (Lipinski definition) is 10. The molecule has 0 bridgehead atoms. The molecular formula is C40H36F6FeO10P2PdS2+2. The number of benzene rings is 4. The largest absolute Gasteiger partial charge is 2.00 e. The van der Waals surface area contributed by atoms with Gasteiger partial charge in [0.1, 0.15) is 23.0 Å². The number of halogens is 6. The molecule has 2 aliphatic rings. The van der Waals surface area contributed by atoms with Crippen molar-refractivity contribution in [1.82, 2.24) is 0 Å². The molecule has 10 nitrogen and oxygen atoms in total. The van der Waals surface area contributed by atoms with Crippen LogP contribution in [0.5, 0.6) is 23.0 Å². The molecule has 4 aromatic carbocycles. The van der Waals surface area contributed by atoms with Crippen LogP contribution in [-0.4, -0.2) is 65.4 Å². The van der Waals surface area contributed by atoms with Gasteiger partial charge in [-0.25, -0.2) is 16.8 Å². The molecule has 6 rings (SSSR count). The van der Waals surface area contributed by atoms with Gasteiger partial charge < -0.3 is 28.1 Å². The number of alkyl halides is 6. The molecule has 0 aromatic heterocycles. The second-order valence-electron chi connectivity index (χ2n) is 11.4. The molecule has 0 aliphatic heterocycles. The molecule has 22 heteroatoms. The molecule has 0 N–H and O–H groups in total. The van der Waals surface area contributed by atoms with Crippen LogP contribution in [0.15, 0.2) is 97.1 Å². The Morgan fingerprint density at radius 2 is 0.613 bits per heavy atom. The Labute approximate surface area is 386 Å². The van der Waals surface area contributed by atoms with E-state index in [1.54, 1.807) is 28.4 Å². The van der Waals surface area contributed by atoms with E-state index in [1.165, 1.54) is 32.5 Å². The maximum atomic E-state index is 10.7. The third-order valence-corrected chi connectivity index (χ3v) is 13.8. The average molecular weight is 1080 g/mol. The Kier molecular flexibility index (Phi) is 24.6. The molecule has 0 unspecified atom stereocenters. The zero-order valence-electron chi connectivity index (χ0n) is 32.6. The van der Waals surface area contributed by atoms with Gasteiger partial charge in [-0.1, -0.05) is 72.8 Å². The minimum Gasteiger partial charge on any atom is -0.741 e. The van der Waals surface area contributed by atoms with E-state index in [4.69, 9.17) is 44.9 Å². The minimum atomic E-state index is -6.09. The van der Waals surface area contributed by atoms with Crippen LogP contribution in [0.2, 0.25) is 0 Å². The van der Waals surface area contributed by atoms with Crippen LogP contribution in [0.4, 0.5) is 26.3 Å². The summed E-state index contributed by atoms with van der Waals surface area (Å²) in [5, 5.41) is 4.82. The van der Waals surface area contributed by atoms with E-state index >= 15 is 0 Å². The van der Waals surface area contributed by atoms with Crippen LogP contribution in [0.25, 0.3) is 0 Å². The first-order chi connectivity index (χ1) is 28.2. The summed E-state index contributed by atoms with van der Waals surface area (Å²) < 4.78 is 140. The molecule has 0 spiro atoms. The van der Waals surface area contributed by atoms with Gasteiger partial charge in [0.15, 0.2) is 20.2 Å². The molecule has 0 amide bonds. The Morgan fingerprint density at radius 3 is 0.774 bits per heavy atom. The quantitative estimate of drug-likeness (QED) is 0.0529. The first kappa shape index (κ1) is 57.5. The van der Waals surface area contributed by atoms with Gasteiger partial charge in [-0.05, 0) is 91.5 Å². The van der Waals surface area contributed by atoms with E-state index in [0.29, 0.717) is 0 Å². The smallest absolute Gasteiger partial charge is 0.741 e. The summed E-state index contributed by atoms with van der Waals surface area (Å²) in [6.07, 6.45) is 17.0. The van der Waals surface area contributed by atoms with Crippen LogP contribution in [-0.2, 0) is 57.7 Å². The molecule has 62 heavy (non-hydrogen) atoms. The van der Waals surface area contributed by atoms with E-state index in [9.17, 15) is 26.3 Å². The fraction of sp³-hybridized carbons (Fsp3) is 0.150. The fourth-order valence-corrected chi connectivity index (χ4v) is 10.2. The SMILES string of the molecule is COc1ccccc1P([C]1[CH][CH][CH][CH]1)c1ccccc1OC.COc1ccccc1P([C]1[CH][CH][CH][CH]1)c1ccccc1OC.O=S(=O)([O-])C(F)(F)F.O=S(=O)([O-])C(F)(F)F.[Fe+2].[Pd+2]. The zero-order chi connectivity index (χ0) is 44.7. The normalized spacial score (nSPS) is 14.4. The van der Waals surface area contributed by atoms with Gasteiger partial charge in [0, 0.05) is 32.5 Å². The molecular weight excluding hydrogens is 1040 g/mol. The van der Waals surface area contributed by atoms with Crippen molar-refractivity contribution < 1.29 is 109 Å². The van der Waals surface area contributed by atoms with Gasteiger partial charge in [-0.3, -0.25) is 0 Å². The van der Waals surface area contributed by atoms with Gasteiger partial charge >= 0.3 is 48.5 Å². The molecule has 2 fully saturated rings. The van der Waals surface area contributed by atoms with E-state index in [1.807, 2.05) is 48.5 Å². The third-order valence-electron chi connectivity index (χ3n) is 7.68. The molecule has 0 atom stereocenters. The van der Waals surface area contributed by atoms with Crippen LogP contribution >= 0.6 is 15.8 Å². The average Bonchev–Trinajstić information content (AvgIpc) is 3.94. The number of hydrogen-bond donors (Lipinski definition) is 0. The van der Waals surface area contributed by atoms with Crippen molar-refractivity contribution in [2.24, 2.45) is 0 Å². The first-order valence-corrected chi connectivity index (χ1v) is 22.3. The maximum absolute atomic E-state index is 10.7. The standard InChI is InChI=1S/2C19H18O2P.2CHF3O3S.Fe.Pd/c2*1-20-16-11-5-7-13-18(16)22(15-9-3-4-10-15)19-14-8-6-12-17(19)21-2;2*2-1(3,4)8(5,6)7;;/h2*3-14H,1-2H3;2*(H,5,6,7);;/q;;;;2*+2/p-2. The molecule has 336 valence electrons. The second-order valence-corrected chi connectivity index (χ2v) is 18.5. The first-order valence-electron chi connectivity index (χ1n) is 16.8. The molecule has 2 aliphatic carbocycles. The molecule has 0 heterocycles. The van der Waals surface area contributed by atoms with Crippen molar-refractivity contribution in [1.29, 1.82) is 0 Å². The summed E-state index contributed by atoms with van der Waals surface area (Å²) in [5.41, 5.74) is -8.70. The second kappa shape index (κ2) is 26.5. The van der Waals surface area contributed by atoms with Crippen molar-refractivity contribution >= 4 is 57.3 Å². The Bertz CT molecular complexity index is 1930. The number of methoxy groups -OCH3 is 4. The fourth-order valence-electron chi connectivity index (χ4n) is 5.10. The molecule has 4 aromatic rings. The van der Waals surface area contributed by atoms with Crippen LogP contribution in [0.3, 0.4) is 0 Å². The molecule has 0 saturated heterocycles.